The van der Waals surface area contributed by atoms with E-state index in [1.54, 1.807) is 11.3 Å². The monoisotopic (exact) mass is 395 g/mol. The van der Waals surface area contributed by atoms with Gasteiger partial charge in [0.1, 0.15) is 14.9 Å². The first-order chi connectivity index (χ1) is 13.1. The van der Waals surface area contributed by atoms with Gasteiger partial charge in [0.15, 0.2) is 0 Å². The number of nitrogens with two attached hydrogens (primary N) is 1. The van der Waals surface area contributed by atoms with Gasteiger partial charge in [-0.3, -0.25) is 0 Å². The van der Waals surface area contributed by atoms with Crippen molar-refractivity contribution in [2.45, 2.75) is 6.92 Å². The number of hydrogen-bond acceptors (Lipinski definition) is 7. The van der Waals surface area contributed by atoms with E-state index >= 15 is 0 Å². The molecule has 0 radical (unpaired) electrons. The second-order valence-corrected chi connectivity index (χ2v) is 8.07. The van der Waals surface area contributed by atoms with Crippen LogP contribution in [0.15, 0.2) is 48.5 Å². The smallest absolute Gasteiger partial charge is 0.350 e. The highest BCUT2D eigenvalue weighted by atomic mass is 32.1. The predicted molar refractivity (Wildman–Crippen MR) is 113 cm³/mol. The number of rotatable bonds is 4. The van der Waals surface area contributed by atoms with Gasteiger partial charge in [0, 0.05) is 5.69 Å². The average molecular weight is 396 g/mol. The zero-order valence-electron chi connectivity index (χ0n) is 14.8. The Morgan fingerprint density at radius 2 is 1.85 bits per heavy atom. The van der Waals surface area contributed by atoms with Crippen LogP contribution in [0.5, 0.6) is 0 Å². The molecule has 0 fully saturated rings. The molecule has 0 bridgehead atoms. The number of para-hydroxylation sites is 1. The van der Waals surface area contributed by atoms with E-state index in [9.17, 15) is 4.79 Å². The Bertz CT molecular complexity index is 1100. The Hall–Kier alpha value is -2.90. The lowest BCUT2D eigenvalue weighted by Crippen LogP contribution is -2.02. The summed E-state index contributed by atoms with van der Waals surface area (Å²) in [4.78, 5) is 17.3. The van der Waals surface area contributed by atoms with Crippen LogP contribution in [0, 0.1) is 6.92 Å². The summed E-state index contributed by atoms with van der Waals surface area (Å²) in [5.41, 5.74) is 10.5. The van der Waals surface area contributed by atoms with Gasteiger partial charge in [-0.15, -0.1) is 22.7 Å². The quantitative estimate of drug-likeness (QED) is 0.450. The van der Waals surface area contributed by atoms with Crippen LogP contribution >= 0.6 is 22.7 Å². The molecule has 0 aliphatic carbocycles. The molecule has 136 valence electrons. The number of fused-ring (bicyclic) bond motifs is 1. The van der Waals surface area contributed by atoms with E-state index in [2.05, 4.69) is 5.32 Å². The molecule has 4 rings (SSSR count). The van der Waals surface area contributed by atoms with Crippen LogP contribution in [-0.4, -0.2) is 18.1 Å². The first kappa shape index (κ1) is 17.5. The highest BCUT2D eigenvalue weighted by Crippen LogP contribution is 2.46. The van der Waals surface area contributed by atoms with E-state index in [4.69, 9.17) is 15.5 Å². The summed E-state index contributed by atoms with van der Waals surface area (Å²) < 4.78 is 5.96. The van der Waals surface area contributed by atoms with Gasteiger partial charge >= 0.3 is 5.97 Å². The number of benzene rings is 2. The van der Waals surface area contributed by atoms with Crippen molar-refractivity contribution in [3.63, 3.8) is 0 Å². The van der Waals surface area contributed by atoms with Crippen molar-refractivity contribution < 1.29 is 9.53 Å². The number of methoxy groups -OCH3 is 1. The Morgan fingerprint density at radius 1 is 1.11 bits per heavy atom. The van der Waals surface area contributed by atoms with E-state index in [-0.39, 0.29) is 0 Å². The molecule has 7 heteroatoms. The maximum absolute atomic E-state index is 12.2. The number of nitrogens with one attached hydrogen (secondary N) is 1. The molecule has 0 unspecified atom stereocenters. The molecule has 0 spiro atoms. The number of nitrogen functional groups attached to an aromatic ring is 1. The molecular formula is C20H17N3O2S2. The number of aryl methyl sites for hydroxylation is 1. The summed E-state index contributed by atoms with van der Waals surface area (Å²) in [7, 11) is 1.35. The number of aromatic nitrogens is 1. The molecule has 27 heavy (non-hydrogen) atoms. The molecule has 3 N–H and O–H groups in total. The number of carbonyl (C=O) groups is 1. The van der Waals surface area contributed by atoms with Gasteiger partial charge < -0.3 is 15.8 Å². The van der Waals surface area contributed by atoms with E-state index in [1.807, 2.05) is 55.5 Å². The first-order valence-corrected chi connectivity index (χ1v) is 9.90. The molecule has 0 aliphatic heterocycles. The standard InChI is InChI=1S/C20H17N3O2S2/c1-11-7-9-12(10-8-11)22-18-15(16(21)17(27-18)20(24)25-2)19-23-13-5-3-4-6-14(13)26-19/h3-10,22H,21H2,1-2H3. The largest absolute Gasteiger partial charge is 0.465 e. The number of nitrogens with zero attached hydrogens (tertiary/aromatic N) is 1. The lowest BCUT2D eigenvalue weighted by Gasteiger charge is -2.06. The van der Waals surface area contributed by atoms with Crippen molar-refractivity contribution in [3.05, 3.63) is 59.0 Å². The minimum absolute atomic E-state index is 0.376. The summed E-state index contributed by atoms with van der Waals surface area (Å²) in [6.07, 6.45) is 0. The van der Waals surface area contributed by atoms with Crippen LogP contribution in [0.3, 0.4) is 0 Å². The summed E-state index contributed by atoms with van der Waals surface area (Å²) in [6, 6.07) is 16.0. The highest BCUT2D eigenvalue weighted by Gasteiger charge is 2.25. The molecule has 5 nitrogen and oxygen atoms in total. The zero-order valence-corrected chi connectivity index (χ0v) is 16.4. The van der Waals surface area contributed by atoms with Gasteiger partial charge in [-0.05, 0) is 31.2 Å². The fourth-order valence-electron chi connectivity index (χ4n) is 2.74. The number of ether oxygens (including phenoxy) is 1. The number of thiazole rings is 1. The van der Waals surface area contributed by atoms with Gasteiger partial charge in [0.05, 0.1) is 28.6 Å². The average Bonchev–Trinajstić information content (AvgIpc) is 3.23. The maximum atomic E-state index is 12.2. The third kappa shape index (κ3) is 3.27. The normalized spacial score (nSPS) is 10.9. The van der Waals surface area contributed by atoms with Crippen molar-refractivity contribution in [1.29, 1.82) is 0 Å². The van der Waals surface area contributed by atoms with Crippen LogP contribution in [0.4, 0.5) is 16.4 Å². The van der Waals surface area contributed by atoms with E-state index in [0.29, 0.717) is 10.6 Å². The summed E-state index contributed by atoms with van der Waals surface area (Å²) >= 11 is 2.83. The van der Waals surface area contributed by atoms with Gasteiger partial charge in [0.2, 0.25) is 0 Å². The molecule has 4 aromatic rings. The summed E-state index contributed by atoms with van der Waals surface area (Å²) in [5.74, 6) is -0.447. The van der Waals surface area contributed by atoms with Crippen LogP contribution in [0.1, 0.15) is 15.2 Å². The van der Waals surface area contributed by atoms with E-state index in [0.717, 1.165) is 31.5 Å². The minimum Gasteiger partial charge on any atom is -0.465 e. The second kappa shape index (κ2) is 7.02. The minimum atomic E-state index is -0.447. The Balaban J connectivity index is 1.86. The third-order valence-electron chi connectivity index (χ3n) is 4.13. The van der Waals surface area contributed by atoms with E-state index in [1.165, 1.54) is 24.0 Å². The van der Waals surface area contributed by atoms with Gasteiger partial charge in [-0.1, -0.05) is 29.8 Å². The number of anilines is 3. The SMILES string of the molecule is COC(=O)c1sc(Nc2ccc(C)cc2)c(-c2nc3ccccc3s2)c1N. The van der Waals surface area contributed by atoms with Gasteiger partial charge in [-0.25, -0.2) is 9.78 Å². The topological polar surface area (TPSA) is 77.2 Å². The molecule has 2 heterocycles. The molecule has 2 aromatic carbocycles. The zero-order chi connectivity index (χ0) is 19.0. The van der Waals surface area contributed by atoms with Crippen LogP contribution < -0.4 is 11.1 Å². The maximum Gasteiger partial charge on any atom is 0.350 e. The van der Waals surface area contributed by atoms with Gasteiger partial charge in [0.25, 0.3) is 0 Å². The Kier molecular flexibility index (Phi) is 4.55. The molecule has 0 aliphatic rings. The Labute approximate surface area is 164 Å². The molecular weight excluding hydrogens is 378 g/mol. The van der Waals surface area contributed by atoms with Crippen molar-refractivity contribution >= 4 is 55.2 Å². The molecule has 0 amide bonds. The molecule has 0 saturated heterocycles. The molecule has 0 atom stereocenters. The van der Waals surface area contributed by atoms with Crippen molar-refractivity contribution in [2.75, 3.05) is 18.2 Å². The fourth-order valence-corrected chi connectivity index (χ4v) is 4.89. The van der Waals surface area contributed by atoms with E-state index < -0.39 is 5.97 Å². The van der Waals surface area contributed by atoms with Crippen LogP contribution in [-0.2, 0) is 4.74 Å². The number of carbonyl (C=O) groups excluding carboxylic acids is 1. The van der Waals surface area contributed by atoms with Crippen molar-refractivity contribution in [3.8, 4) is 10.6 Å². The number of esters is 1. The lowest BCUT2D eigenvalue weighted by molar-refractivity contribution is 0.0607. The fraction of sp³-hybridized carbons (Fsp3) is 0.100. The molecule has 0 saturated carbocycles. The third-order valence-corrected chi connectivity index (χ3v) is 6.29. The molecule has 2 aromatic heterocycles. The number of thiophene rings is 1. The summed E-state index contributed by atoms with van der Waals surface area (Å²) in [5, 5.41) is 4.93. The van der Waals surface area contributed by atoms with Crippen molar-refractivity contribution in [2.24, 2.45) is 0 Å². The van der Waals surface area contributed by atoms with Crippen molar-refractivity contribution in [1.82, 2.24) is 4.98 Å². The lowest BCUT2D eigenvalue weighted by atomic mass is 10.2. The first-order valence-electron chi connectivity index (χ1n) is 8.27. The summed E-state index contributed by atoms with van der Waals surface area (Å²) in [6.45, 7) is 2.04. The highest BCUT2D eigenvalue weighted by molar-refractivity contribution is 7.23. The Morgan fingerprint density at radius 3 is 2.56 bits per heavy atom. The predicted octanol–water partition coefficient (Wildman–Crippen LogP) is 5.45. The number of hydrogen-bond donors (Lipinski definition) is 2. The van der Waals surface area contributed by atoms with Gasteiger partial charge in [-0.2, -0.15) is 0 Å². The van der Waals surface area contributed by atoms with Crippen LogP contribution in [0.2, 0.25) is 0 Å². The van der Waals surface area contributed by atoms with Crippen LogP contribution in [0.25, 0.3) is 20.8 Å². The second-order valence-electron chi connectivity index (χ2n) is 6.02.